The summed E-state index contributed by atoms with van der Waals surface area (Å²) < 4.78 is 0. The fourth-order valence-electron chi connectivity index (χ4n) is 2.59. The number of hydrogen-bond donors (Lipinski definition) is 3. The Hall–Kier alpha value is -1.75. The standard InChI is InChI=1S/C15H22N2O3/c1-2-16-10-11-3-5-17(6-4-11)15(20)12-7-13(18)9-14(19)8-12/h7-9,11,16,18-19H,2-6,10H2,1H3. The van der Waals surface area contributed by atoms with E-state index in [1.54, 1.807) is 4.90 Å². The SMILES string of the molecule is CCNCC1CCN(C(=O)c2cc(O)cc(O)c2)CC1. The molecule has 2 rings (SSSR count). The average Bonchev–Trinajstić information content (AvgIpc) is 2.44. The molecule has 1 saturated heterocycles. The van der Waals surface area contributed by atoms with Crippen molar-refractivity contribution in [2.45, 2.75) is 19.8 Å². The molecule has 3 N–H and O–H groups in total. The van der Waals surface area contributed by atoms with Gasteiger partial charge in [-0.1, -0.05) is 6.92 Å². The molecule has 0 unspecified atom stereocenters. The third kappa shape index (κ3) is 3.63. The van der Waals surface area contributed by atoms with Crippen LogP contribution in [0.2, 0.25) is 0 Å². The van der Waals surface area contributed by atoms with Crippen molar-refractivity contribution < 1.29 is 15.0 Å². The molecule has 0 bridgehead atoms. The molecule has 0 atom stereocenters. The molecule has 0 radical (unpaired) electrons. The van der Waals surface area contributed by atoms with Crippen LogP contribution >= 0.6 is 0 Å². The summed E-state index contributed by atoms with van der Waals surface area (Å²) in [4.78, 5) is 14.1. The van der Waals surface area contributed by atoms with Gasteiger partial charge in [0.2, 0.25) is 0 Å². The van der Waals surface area contributed by atoms with Crippen molar-refractivity contribution in [2.24, 2.45) is 5.92 Å². The summed E-state index contributed by atoms with van der Waals surface area (Å²) in [5.41, 5.74) is 0.340. The average molecular weight is 278 g/mol. The van der Waals surface area contributed by atoms with Crippen LogP contribution in [0, 0.1) is 5.92 Å². The first-order valence-electron chi connectivity index (χ1n) is 7.13. The van der Waals surface area contributed by atoms with Crippen molar-refractivity contribution in [2.75, 3.05) is 26.2 Å². The van der Waals surface area contributed by atoms with E-state index in [1.807, 2.05) is 0 Å². The highest BCUT2D eigenvalue weighted by Gasteiger charge is 2.23. The zero-order valence-corrected chi connectivity index (χ0v) is 11.8. The Balaban J connectivity index is 1.94. The van der Waals surface area contributed by atoms with E-state index in [1.165, 1.54) is 18.2 Å². The van der Waals surface area contributed by atoms with Crippen LogP contribution in [0.4, 0.5) is 0 Å². The minimum Gasteiger partial charge on any atom is -0.508 e. The summed E-state index contributed by atoms with van der Waals surface area (Å²) in [5.74, 6) is 0.320. The van der Waals surface area contributed by atoms with Crippen molar-refractivity contribution in [1.82, 2.24) is 10.2 Å². The van der Waals surface area contributed by atoms with Gasteiger partial charge >= 0.3 is 0 Å². The zero-order chi connectivity index (χ0) is 14.5. The molecule has 1 aliphatic rings. The van der Waals surface area contributed by atoms with Gasteiger partial charge in [0.1, 0.15) is 11.5 Å². The van der Waals surface area contributed by atoms with Crippen LogP contribution < -0.4 is 5.32 Å². The van der Waals surface area contributed by atoms with Crippen LogP contribution in [0.1, 0.15) is 30.1 Å². The van der Waals surface area contributed by atoms with Crippen molar-refractivity contribution in [3.8, 4) is 11.5 Å². The molecule has 1 aromatic carbocycles. The molecule has 110 valence electrons. The van der Waals surface area contributed by atoms with E-state index < -0.39 is 0 Å². The van der Waals surface area contributed by atoms with Gasteiger partial charge in [0.15, 0.2) is 0 Å². The molecule has 1 heterocycles. The third-order valence-corrected chi connectivity index (χ3v) is 3.73. The summed E-state index contributed by atoms with van der Waals surface area (Å²) in [7, 11) is 0. The highest BCUT2D eigenvalue weighted by Crippen LogP contribution is 2.23. The molecule has 0 aromatic heterocycles. The Labute approximate surface area is 119 Å². The Morgan fingerprint density at radius 2 is 1.85 bits per heavy atom. The minimum atomic E-state index is -0.127. The minimum absolute atomic E-state index is 0.0876. The van der Waals surface area contributed by atoms with Gasteiger partial charge in [0.25, 0.3) is 5.91 Å². The van der Waals surface area contributed by atoms with E-state index in [2.05, 4.69) is 12.2 Å². The van der Waals surface area contributed by atoms with Crippen LogP contribution in [0.5, 0.6) is 11.5 Å². The second-order valence-corrected chi connectivity index (χ2v) is 5.28. The maximum atomic E-state index is 12.3. The van der Waals surface area contributed by atoms with E-state index in [0.29, 0.717) is 11.5 Å². The fraction of sp³-hybridized carbons (Fsp3) is 0.533. The lowest BCUT2D eigenvalue weighted by Crippen LogP contribution is -2.40. The van der Waals surface area contributed by atoms with Gasteiger partial charge in [-0.2, -0.15) is 0 Å². The first-order valence-corrected chi connectivity index (χ1v) is 7.13. The second-order valence-electron chi connectivity index (χ2n) is 5.28. The lowest BCUT2D eigenvalue weighted by molar-refractivity contribution is 0.0689. The number of aromatic hydroxyl groups is 2. The lowest BCUT2D eigenvalue weighted by atomic mass is 9.96. The van der Waals surface area contributed by atoms with E-state index >= 15 is 0 Å². The van der Waals surface area contributed by atoms with Crippen LogP contribution in [0.25, 0.3) is 0 Å². The van der Waals surface area contributed by atoms with Crippen molar-refractivity contribution in [3.05, 3.63) is 23.8 Å². The molecular formula is C15H22N2O3. The number of piperidine rings is 1. The largest absolute Gasteiger partial charge is 0.508 e. The third-order valence-electron chi connectivity index (χ3n) is 3.73. The second kappa shape index (κ2) is 6.61. The molecule has 1 amide bonds. The molecule has 0 aliphatic carbocycles. The summed E-state index contributed by atoms with van der Waals surface area (Å²) in [5, 5.41) is 22.2. The van der Waals surface area contributed by atoms with Gasteiger partial charge < -0.3 is 20.4 Å². The van der Waals surface area contributed by atoms with E-state index in [-0.39, 0.29) is 17.4 Å². The van der Waals surface area contributed by atoms with Crippen LogP contribution in [0.15, 0.2) is 18.2 Å². The van der Waals surface area contributed by atoms with Crippen LogP contribution in [-0.4, -0.2) is 47.2 Å². The topological polar surface area (TPSA) is 72.8 Å². The highest BCUT2D eigenvalue weighted by atomic mass is 16.3. The Morgan fingerprint density at radius 3 is 2.40 bits per heavy atom. The van der Waals surface area contributed by atoms with Gasteiger partial charge in [0, 0.05) is 24.7 Å². The van der Waals surface area contributed by atoms with Gasteiger partial charge in [-0.15, -0.1) is 0 Å². The number of amides is 1. The Bertz CT molecular complexity index is 448. The summed E-state index contributed by atoms with van der Waals surface area (Å²) in [6.07, 6.45) is 1.98. The van der Waals surface area contributed by atoms with Crippen LogP contribution in [0.3, 0.4) is 0 Å². The number of phenolic OH excluding ortho intramolecular Hbond substituents is 2. The number of likely N-dealkylation sites (tertiary alicyclic amines) is 1. The van der Waals surface area contributed by atoms with Gasteiger partial charge in [-0.3, -0.25) is 4.79 Å². The highest BCUT2D eigenvalue weighted by molar-refractivity contribution is 5.95. The van der Waals surface area contributed by atoms with E-state index in [0.717, 1.165) is 39.0 Å². The predicted octanol–water partition coefficient (Wildman–Crippen LogP) is 1.56. The normalized spacial score (nSPS) is 16.4. The first kappa shape index (κ1) is 14.7. The van der Waals surface area contributed by atoms with Gasteiger partial charge in [0.05, 0.1) is 0 Å². The summed E-state index contributed by atoms with van der Waals surface area (Å²) in [6, 6.07) is 4.01. The van der Waals surface area contributed by atoms with Crippen molar-refractivity contribution in [1.29, 1.82) is 0 Å². The monoisotopic (exact) mass is 278 g/mol. The maximum Gasteiger partial charge on any atom is 0.254 e. The Kier molecular flexibility index (Phi) is 4.84. The first-order chi connectivity index (χ1) is 9.60. The molecule has 0 saturated carbocycles. The Morgan fingerprint density at radius 1 is 1.25 bits per heavy atom. The van der Waals surface area contributed by atoms with Crippen molar-refractivity contribution in [3.63, 3.8) is 0 Å². The molecule has 1 aromatic rings. The summed E-state index contributed by atoms with van der Waals surface area (Å²) >= 11 is 0. The van der Waals surface area contributed by atoms with Crippen molar-refractivity contribution >= 4 is 5.91 Å². The molecule has 5 heteroatoms. The van der Waals surface area contributed by atoms with E-state index in [9.17, 15) is 15.0 Å². The van der Waals surface area contributed by atoms with Gasteiger partial charge in [-0.05, 0) is 44.0 Å². The number of carbonyl (C=O) groups is 1. The molecule has 20 heavy (non-hydrogen) atoms. The maximum absolute atomic E-state index is 12.3. The fourth-order valence-corrected chi connectivity index (χ4v) is 2.59. The zero-order valence-electron chi connectivity index (χ0n) is 11.8. The van der Waals surface area contributed by atoms with Gasteiger partial charge in [-0.25, -0.2) is 0 Å². The van der Waals surface area contributed by atoms with Crippen LogP contribution in [-0.2, 0) is 0 Å². The number of benzene rings is 1. The number of rotatable bonds is 4. The number of nitrogens with one attached hydrogen (secondary N) is 1. The molecule has 5 nitrogen and oxygen atoms in total. The molecule has 1 aliphatic heterocycles. The molecular weight excluding hydrogens is 256 g/mol. The number of phenols is 2. The quantitative estimate of drug-likeness (QED) is 0.781. The summed E-state index contributed by atoms with van der Waals surface area (Å²) in [6.45, 7) is 5.52. The predicted molar refractivity (Wildman–Crippen MR) is 76.9 cm³/mol. The number of nitrogens with zero attached hydrogens (tertiary/aromatic N) is 1. The van der Waals surface area contributed by atoms with E-state index in [4.69, 9.17) is 0 Å². The lowest BCUT2D eigenvalue weighted by Gasteiger charge is -2.32. The number of hydrogen-bond acceptors (Lipinski definition) is 4. The number of carbonyl (C=O) groups excluding carboxylic acids is 1. The smallest absolute Gasteiger partial charge is 0.254 e. The molecule has 1 fully saturated rings. The molecule has 0 spiro atoms.